The SMILES string of the molecule is SCCC=Cc1ccc(-c2ccn[nH]2)cc1. The third kappa shape index (κ3) is 2.76. The summed E-state index contributed by atoms with van der Waals surface area (Å²) in [4.78, 5) is 0. The molecular weight excluding hydrogens is 216 g/mol. The Bertz CT molecular complexity index is 443. The summed E-state index contributed by atoms with van der Waals surface area (Å²) in [6.07, 6.45) is 7.02. The second kappa shape index (κ2) is 5.56. The maximum absolute atomic E-state index is 4.16. The summed E-state index contributed by atoms with van der Waals surface area (Å²) in [6, 6.07) is 10.4. The summed E-state index contributed by atoms with van der Waals surface area (Å²) in [5, 5.41) is 6.88. The number of H-pyrrole nitrogens is 1. The van der Waals surface area contributed by atoms with Gasteiger partial charge in [-0.15, -0.1) is 0 Å². The van der Waals surface area contributed by atoms with Gasteiger partial charge in [-0.2, -0.15) is 17.7 Å². The first kappa shape index (κ1) is 11.0. The number of aromatic nitrogens is 2. The van der Waals surface area contributed by atoms with E-state index in [1.807, 2.05) is 6.07 Å². The highest BCUT2D eigenvalue weighted by atomic mass is 32.1. The summed E-state index contributed by atoms with van der Waals surface area (Å²) in [6.45, 7) is 0. The number of hydrogen-bond acceptors (Lipinski definition) is 2. The molecule has 0 saturated heterocycles. The molecule has 2 rings (SSSR count). The van der Waals surface area contributed by atoms with Crippen molar-refractivity contribution in [2.45, 2.75) is 6.42 Å². The molecule has 82 valence electrons. The Labute approximate surface area is 101 Å². The fourth-order valence-corrected chi connectivity index (χ4v) is 1.63. The quantitative estimate of drug-likeness (QED) is 0.774. The molecule has 0 fully saturated rings. The molecule has 0 spiro atoms. The highest BCUT2D eigenvalue weighted by molar-refractivity contribution is 7.80. The first-order chi connectivity index (χ1) is 7.90. The lowest BCUT2D eigenvalue weighted by Crippen LogP contribution is -1.78. The third-order valence-corrected chi connectivity index (χ3v) is 2.59. The topological polar surface area (TPSA) is 28.7 Å². The molecule has 2 aromatic rings. The van der Waals surface area contributed by atoms with Gasteiger partial charge in [0.2, 0.25) is 0 Å². The molecule has 1 aromatic carbocycles. The van der Waals surface area contributed by atoms with Crippen molar-refractivity contribution < 1.29 is 0 Å². The van der Waals surface area contributed by atoms with Crippen molar-refractivity contribution in [3.63, 3.8) is 0 Å². The van der Waals surface area contributed by atoms with Gasteiger partial charge < -0.3 is 0 Å². The Morgan fingerprint density at radius 2 is 2.00 bits per heavy atom. The zero-order chi connectivity index (χ0) is 11.2. The van der Waals surface area contributed by atoms with Crippen LogP contribution in [0.2, 0.25) is 0 Å². The molecule has 2 nitrogen and oxygen atoms in total. The number of allylic oxidation sites excluding steroid dienone is 1. The molecule has 0 radical (unpaired) electrons. The third-order valence-electron chi connectivity index (χ3n) is 2.33. The second-order valence-corrected chi connectivity index (χ2v) is 3.95. The van der Waals surface area contributed by atoms with Crippen LogP contribution in [0.3, 0.4) is 0 Å². The predicted octanol–water partition coefficient (Wildman–Crippen LogP) is 3.41. The van der Waals surface area contributed by atoms with Crippen molar-refractivity contribution in [1.29, 1.82) is 0 Å². The van der Waals surface area contributed by atoms with Crippen molar-refractivity contribution >= 4 is 18.7 Å². The zero-order valence-corrected chi connectivity index (χ0v) is 9.82. The van der Waals surface area contributed by atoms with Gasteiger partial charge >= 0.3 is 0 Å². The monoisotopic (exact) mass is 230 g/mol. The van der Waals surface area contributed by atoms with E-state index in [1.54, 1.807) is 6.20 Å². The van der Waals surface area contributed by atoms with E-state index in [9.17, 15) is 0 Å². The summed E-state index contributed by atoms with van der Waals surface area (Å²) < 4.78 is 0. The Morgan fingerprint density at radius 1 is 1.19 bits per heavy atom. The Kier molecular flexibility index (Phi) is 3.83. The lowest BCUT2D eigenvalue weighted by atomic mass is 10.1. The predicted molar refractivity (Wildman–Crippen MR) is 71.5 cm³/mol. The fourth-order valence-electron chi connectivity index (χ4n) is 1.48. The lowest BCUT2D eigenvalue weighted by molar-refractivity contribution is 1.10. The van der Waals surface area contributed by atoms with Crippen molar-refractivity contribution in [3.05, 3.63) is 48.2 Å². The molecule has 1 aromatic heterocycles. The van der Waals surface area contributed by atoms with Crippen LogP contribution in [0.5, 0.6) is 0 Å². The fraction of sp³-hybridized carbons (Fsp3) is 0.154. The van der Waals surface area contributed by atoms with Crippen LogP contribution in [-0.2, 0) is 0 Å². The van der Waals surface area contributed by atoms with Crippen LogP contribution in [-0.4, -0.2) is 16.0 Å². The van der Waals surface area contributed by atoms with Gasteiger partial charge in [0, 0.05) is 6.20 Å². The minimum Gasteiger partial charge on any atom is -0.278 e. The smallest absolute Gasteiger partial charge is 0.0650 e. The Hall–Kier alpha value is -1.48. The summed E-state index contributed by atoms with van der Waals surface area (Å²) in [5.74, 6) is 0.892. The van der Waals surface area contributed by atoms with E-state index in [-0.39, 0.29) is 0 Å². The normalized spacial score (nSPS) is 11.1. The molecule has 0 aliphatic carbocycles. The van der Waals surface area contributed by atoms with Crippen LogP contribution in [0.15, 0.2) is 42.6 Å². The average Bonchev–Trinajstić information content (AvgIpc) is 2.84. The van der Waals surface area contributed by atoms with Crippen molar-refractivity contribution in [2.24, 2.45) is 0 Å². The van der Waals surface area contributed by atoms with E-state index in [0.717, 1.165) is 23.4 Å². The van der Waals surface area contributed by atoms with Crippen LogP contribution >= 0.6 is 12.6 Å². The minimum atomic E-state index is 0.892. The van der Waals surface area contributed by atoms with Gasteiger partial charge in [0.1, 0.15) is 0 Å². The molecule has 0 atom stereocenters. The molecular formula is C13H14N2S. The molecule has 1 heterocycles. The average molecular weight is 230 g/mol. The first-order valence-corrected chi connectivity index (χ1v) is 5.90. The van der Waals surface area contributed by atoms with Crippen molar-refractivity contribution in [2.75, 3.05) is 5.75 Å². The Balaban J connectivity index is 2.11. The van der Waals surface area contributed by atoms with E-state index >= 15 is 0 Å². The van der Waals surface area contributed by atoms with Gasteiger partial charge in [0.25, 0.3) is 0 Å². The van der Waals surface area contributed by atoms with E-state index in [1.165, 1.54) is 5.56 Å². The molecule has 0 aliphatic rings. The molecule has 1 N–H and O–H groups in total. The molecule has 0 bridgehead atoms. The van der Waals surface area contributed by atoms with Gasteiger partial charge in [-0.05, 0) is 29.4 Å². The van der Waals surface area contributed by atoms with E-state index in [2.05, 4.69) is 59.2 Å². The van der Waals surface area contributed by atoms with Gasteiger partial charge in [0.15, 0.2) is 0 Å². The number of aromatic amines is 1. The molecule has 0 aliphatic heterocycles. The lowest BCUT2D eigenvalue weighted by Gasteiger charge is -1.98. The highest BCUT2D eigenvalue weighted by Gasteiger charge is 1.96. The summed E-state index contributed by atoms with van der Waals surface area (Å²) in [7, 11) is 0. The summed E-state index contributed by atoms with van der Waals surface area (Å²) in [5.41, 5.74) is 3.42. The van der Waals surface area contributed by atoms with Crippen LogP contribution < -0.4 is 0 Å². The second-order valence-electron chi connectivity index (χ2n) is 3.51. The standard InChI is InChI=1S/C13H14N2S/c16-10-2-1-3-11-4-6-12(7-5-11)13-8-9-14-15-13/h1,3-9,16H,2,10H2,(H,14,15). The maximum Gasteiger partial charge on any atom is 0.0650 e. The summed E-state index contributed by atoms with van der Waals surface area (Å²) >= 11 is 4.16. The molecule has 0 saturated carbocycles. The number of nitrogens with zero attached hydrogens (tertiary/aromatic N) is 1. The Morgan fingerprint density at radius 3 is 2.62 bits per heavy atom. The minimum absolute atomic E-state index is 0.892. The van der Waals surface area contributed by atoms with Crippen molar-refractivity contribution in [3.8, 4) is 11.3 Å². The van der Waals surface area contributed by atoms with E-state index < -0.39 is 0 Å². The number of thiol groups is 1. The molecule has 16 heavy (non-hydrogen) atoms. The number of hydrogen-bond donors (Lipinski definition) is 2. The van der Waals surface area contributed by atoms with Gasteiger partial charge in [-0.3, -0.25) is 5.10 Å². The maximum atomic E-state index is 4.16. The molecule has 0 unspecified atom stereocenters. The first-order valence-electron chi connectivity index (χ1n) is 5.27. The number of rotatable bonds is 4. The van der Waals surface area contributed by atoms with Crippen LogP contribution in [0.1, 0.15) is 12.0 Å². The molecule has 3 heteroatoms. The van der Waals surface area contributed by atoms with Crippen molar-refractivity contribution in [1.82, 2.24) is 10.2 Å². The molecule has 0 amide bonds. The van der Waals surface area contributed by atoms with E-state index in [4.69, 9.17) is 0 Å². The van der Waals surface area contributed by atoms with Crippen LogP contribution in [0.25, 0.3) is 17.3 Å². The van der Waals surface area contributed by atoms with E-state index in [0.29, 0.717) is 0 Å². The van der Waals surface area contributed by atoms with Gasteiger partial charge in [-0.25, -0.2) is 0 Å². The van der Waals surface area contributed by atoms with Crippen LogP contribution in [0, 0.1) is 0 Å². The van der Waals surface area contributed by atoms with Gasteiger partial charge in [0.05, 0.1) is 5.69 Å². The largest absolute Gasteiger partial charge is 0.278 e. The number of nitrogens with one attached hydrogen (secondary N) is 1. The van der Waals surface area contributed by atoms with Gasteiger partial charge in [-0.1, -0.05) is 36.4 Å². The number of benzene rings is 1. The zero-order valence-electron chi connectivity index (χ0n) is 8.93. The highest BCUT2D eigenvalue weighted by Crippen LogP contribution is 2.17. The van der Waals surface area contributed by atoms with Crippen LogP contribution in [0.4, 0.5) is 0 Å².